The molecule has 1 fully saturated rings. The molecule has 0 bridgehead atoms. The summed E-state index contributed by atoms with van der Waals surface area (Å²) in [4.78, 5) is 17.0. The molecule has 2 heterocycles. The van der Waals surface area contributed by atoms with Gasteiger partial charge >= 0.3 is 5.97 Å². The first-order valence-electron chi connectivity index (χ1n) is 10.5. The molecule has 31 heavy (non-hydrogen) atoms. The van der Waals surface area contributed by atoms with Gasteiger partial charge in [-0.2, -0.15) is 0 Å². The van der Waals surface area contributed by atoms with Crippen LogP contribution in [0.1, 0.15) is 25.7 Å². The molecule has 0 amide bonds. The standard InChI is InChI=1S/C24H26N2O5/c27-24(28)4-2-14-26-13-1-3-19(26)16-29-20-9-11-22(12-10-20)31-21-7-5-18(6-8-21)23-15-25-17-30-23/h5-12,15,17,19H,1-4,13-14,16H2,(H,27,28)/t19-/m1/s1. The van der Waals surface area contributed by atoms with Crippen molar-refractivity contribution in [3.8, 4) is 28.6 Å². The van der Waals surface area contributed by atoms with Crippen LogP contribution in [0.5, 0.6) is 17.2 Å². The quantitative estimate of drug-likeness (QED) is 0.500. The van der Waals surface area contributed by atoms with Gasteiger partial charge in [0, 0.05) is 18.0 Å². The Hall–Kier alpha value is -3.32. The van der Waals surface area contributed by atoms with E-state index in [-0.39, 0.29) is 6.42 Å². The smallest absolute Gasteiger partial charge is 0.303 e. The monoisotopic (exact) mass is 422 g/mol. The molecule has 4 rings (SSSR count). The van der Waals surface area contributed by atoms with Crippen LogP contribution in [0, 0.1) is 0 Å². The third-order valence-corrected chi connectivity index (χ3v) is 5.41. The van der Waals surface area contributed by atoms with Crippen LogP contribution in [0.4, 0.5) is 0 Å². The van der Waals surface area contributed by atoms with Gasteiger partial charge in [-0.25, -0.2) is 4.98 Å². The SMILES string of the molecule is O=C(O)CCCN1CCC[C@@H]1COc1ccc(Oc2ccc(-c3cnco3)cc2)cc1. The number of carboxylic acids is 1. The number of rotatable bonds is 10. The van der Waals surface area contributed by atoms with Crippen LogP contribution < -0.4 is 9.47 Å². The van der Waals surface area contributed by atoms with Crippen LogP contribution in [-0.2, 0) is 4.79 Å². The van der Waals surface area contributed by atoms with Crippen LogP contribution >= 0.6 is 0 Å². The number of hydrogen-bond donors (Lipinski definition) is 1. The van der Waals surface area contributed by atoms with E-state index < -0.39 is 5.97 Å². The van der Waals surface area contributed by atoms with Crippen molar-refractivity contribution in [1.29, 1.82) is 0 Å². The van der Waals surface area contributed by atoms with E-state index in [0.29, 0.717) is 19.1 Å². The molecule has 1 aliphatic heterocycles. The molecule has 0 radical (unpaired) electrons. The van der Waals surface area contributed by atoms with Gasteiger partial charge in [-0.15, -0.1) is 0 Å². The van der Waals surface area contributed by atoms with Crippen LogP contribution in [-0.4, -0.2) is 46.7 Å². The lowest BCUT2D eigenvalue weighted by Gasteiger charge is -2.24. The molecule has 1 aromatic heterocycles. The molecule has 1 atom stereocenters. The van der Waals surface area contributed by atoms with Gasteiger partial charge in [-0.1, -0.05) is 0 Å². The molecular weight excluding hydrogens is 396 g/mol. The van der Waals surface area contributed by atoms with Crippen molar-refractivity contribution < 1.29 is 23.8 Å². The maximum atomic E-state index is 10.7. The van der Waals surface area contributed by atoms with E-state index in [9.17, 15) is 4.79 Å². The van der Waals surface area contributed by atoms with Crippen molar-refractivity contribution in [2.24, 2.45) is 0 Å². The molecule has 1 aliphatic rings. The Kier molecular flexibility index (Phi) is 6.84. The second-order valence-corrected chi connectivity index (χ2v) is 7.60. The summed E-state index contributed by atoms with van der Waals surface area (Å²) in [6.07, 6.45) is 6.19. The number of aliphatic carboxylic acids is 1. The summed E-state index contributed by atoms with van der Waals surface area (Å²) in [6, 6.07) is 15.6. The molecule has 3 aromatic rings. The number of benzene rings is 2. The molecule has 0 spiro atoms. The van der Waals surface area contributed by atoms with E-state index >= 15 is 0 Å². The number of hydrogen-bond acceptors (Lipinski definition) is 6. The first-order chi connectivity index (χ1) is 15.2. The maximum Gasteiger partial charge on any atom is 0.303 e. The fourth-order valence-corrected chi connectivity index (χ4v) is 3.79. The summed E-state index contributed by atoms with van der Waals surface area (Å²) in [5.41, 5.74) is 0.942. The first kappa shape index (κ1) is 20.9. The Labute approximate surface area is 181 Å². The Bertz CT molecular complexity index is 955. The Morgan fingerprint density at radius 3 is 2.48 bits per heavy atom. The van der Waals surface area contributed by atoms with Gasteiger partial charge in [-0.3, -0.25) is 9.69 Å². The number of oxazole rings is 1. The summed E-state index contributed by atoms with van der Waals surface area (Å²) in [5.74, 6) is 2.25. The molecule has 0 aliphatic carbocycles. The summed E-state index contributed by atoms with van der Waals surface area (Å²) in [7, 11) is 0. The van der Waals surface area contributed by atoms with E-state index in [0.717, 1.165) is 54.5 Å². The Morgan fingerprint density at radius 1 is 1.10 bits per heavy atom. The zero-order valence-electron chi connectivity index (χ0n) is 17.3. The molecule has 2 aromatic carbocycles. The number of carbonyl (C=O) groups is 1. The minimum Gasteiger partial charge on any atom is -0.492 e. The van der Waals surface area contributed by atoms with Crippen molar-refractivity contribution in [2.75, 3.05) is 19.7 Å². The van der Waals surface area contributed by atoms with Crippen molar-refractivity contribution >= 4 is 5.97 Å². The number of likely N-dealkylation sites (tertiary alicyclic amines) is 1. The normalized spacial score (nSPS) is 16.3. The lowest BCUT2D eigenvalue weighted by atomic mass is 10.2. The van der Waals surface area contributed by atoms with E-state index in [1.54, 1.807) is 6.20 Å². The van der Waals surface area contributed by atoms with Crippen molar-refractivity contribution in [1.82, 2.24) is 9.88 Å². The number of nitrogens with zero attached hydrogens (tertiary/aromatic N) is 2. The fourth-order valence-electron chi connectivity index (χ4n) is 3.79. The average molecular weight is 422 g/mol. The molecule has 7 nitrogen and oxygen atoms in total. The zero-order valence-corrected chi connectivity index (χ0v) is 17.3. The lowest BCUT2D eigenvalue weighted by molar-refractivity contribution is -0.137. The van der Waals surface area contributed by atoms with E-state index in [4.69, 9.17) is 19.0 Å². The minimum absolute atomic E-state index is 0.217. The van der Waals surface area contributed by atoms with Crippen molar-refractivity contribution in [2.45, 2.75) is 31.7 Å². The summed E-state index contributed by atoms with van der Waals surface area (Å²) < 4.78 is 17.2. The molecule has 162 valence electrons. The third kappa shape index (κ3) is 5.86. The summed E-state index contributed by atoms with van der Waals surface area (Å²) in [6.45, 7) is 2.42. The van der Waals surface area contributed by atoms with Gasteiger partial charge in [0.05, 0.1) is 6.20 Å². The Morgan fingerprint density at radius 2 is 1.81 bits per heavy atom. The predicted octanol–water partition coefficient (Wildman–Crippen LogP) is 4.84. The molecule has 7 heteroatoms. The van der Waals surface area contributed by atoms with Gasteiger partial charge in [0.15, 0.2) is 12.2 Å². The van der Waals surface area contributed by atoms with Crippen molar-refractivity contribution in [3.63, 3.8) is 0 Å². The molecule has 1 N–H and O–H groups in total. The number of ether oxygens (including phenoxy) is 2. The molecule has 0 unspecified atom stereocenters. The van der Waals surface area contributed by atoms with Gasteiger partial charge < -0.3 is 19.0 Å². The van der Waals surface area contributed by atoms with E-state index in [1.807, 2.05) is 48.5 Å². The van der Waals surface area contributed by atoms with Gasteiger partial charge in [0.2, 0.25) is 0 Å². The van der Waals surface area contributed by atoms with Crippen LogP contribution in [0.25, 0.3) is 11.3 Å². The highest BCUT2D eigenvalue weighted by atomic mass is 16.5. The fraction of sp³-hybridized carbons (Fsp3) is 0.333. The van der Waals surface area contributed by atoms with Crippen LogP contribution in [0.15, 0.2) is 65.5 Å². The van der Waals surface area contributed by atoms with Gasteiger partial charge in [-0.05, 0) is 80.9 Å². The van der Waals surface area contributed by atoms with Gasteiger partial charge in [0.1, 0.15) is 23.9 Å². The maximum absolute atomic E-state index is 10.7. The number of aromatic nitrogens is 1. The second kappa shape index (κ2) is 10.1. The summed E-state index contributed by atoms with van der Waals surface area (Å²) >= 11 is 0. The van der Waals surface area contributed by atoms with E-state index in [1.165, 1.54) is 6.39 Å². The van der Waals surface area contributed by atoms with Crippen LogP contribution in [0.3, 0.4) is 0 Å². The zero-order chi connectivity index (χ0) is 21.5. The average Bonchev–Trinajstić information content (AvgIpc) is 3.46. The second-order valence-electron chi connectivity index (χ2n) is 7.60. The minimum atomic E-state index is -0.736. The molecule has 1 saturated heterocycles. The highest BCUT2D eigenvalue weighted by Crippen LogP contribution is 2.27. The topological polar surface area (TPSA) is 85.0 Å². The first-order valence-corrected chi connectivity index (χ1v) is 10.5. The third-order valence-electron chi connectivity index (χ3n) is 5.41. The molecule has 0 saturated carbocycles. The summed E-state index contributed by atoms with van der Waals surface area (Å²) in [5, 5.41) is 8.81. The number of carboxylic acid groups (broad SMARTS) is 1. The van der Waals surface area contributed by atoms with Crippen LogP contribution in [0.2, 0.25) is 0 Å². The van der Waals surface area contributed by atoms with Crippen molar-refractivity contribution in [3.05, 3.63) is 61.1 Å². The predicted molar refractivity (Wildman–Crippen MR) is 115 cm³/mol. The Balaban J connectivity index is 1.26. The van der Waals surface area contributed by atoms with E-state index in [2.05, 4.69) is 9.88 Å². The lowest BCUT2D eigenvalue weighted by Crippen LogP contribution is -2.35. The van der Waals surface area contributed by atoms with Gasteiger partial charge in [0.25, 0.3) is 0 Å². The highest BCUT2D eigenvalue weighted by molar-refractivity contribution is 5.66. The molecular formula is C24H26N2O5. The highest BCUT2D eigenvalue weighted by Gasteiger charge is 2.24. The largest absolute Gasteiger partial charge is 0.492 e.